The van der Waals surface area contributed by atoms with Crippen molar-refractivity contribution in [3.63, 3.8) is 0 Å². The quantitative estimate of drug-likeness (QED) is 0.729. The second-order valence-corrected chi connectivity index (χ2v) is 5.22. The van der Waals surface area contributed by atoms with E-state index < -0.39 is 0 Å². The van der Waals surface area contributed by atoms with Crippen LogP contribution in [0.4, 0.5) is 0 Å². The summed E-state index contributed by atoms with van der Waals surface area (Å²) >= 11 is 4.99. The normalized spacial score (nSPS) is 12.9. The van der Waals surface area contributed by atoms with Crippen molar-refractivity contribution in [2.75, 3.05) is 6.54 Å². The van der Waals surface area contributed by atoms with E-state index in [0.717, 1.165) is 13.0 Å². The maximum Gasteiger partial charge on any atom is 0.232 e. The summed E-state index contributed by atoms with van der Waals surface area (Å²) in [5.74, 6) is -0.105. The molecule has 3 nitrogen and oxygen atoms in total. The third kappa shape index (κ3) is 4.08. The van der Waals surface area contributed by atoms with Crippen LogP contribution in [0.15, 0.2) is 0 Å². The maximum absolute atomic E-state index is 12.3. The van der Waals surface area contributed by atoms with Crippen LogP contribution in [0.25, 0.3) is 0 Å². The molecule has 0 aliphatic carbocycles. The number of carbonyl (C=O) groups excluding carboxylic acids is 1. The first-order valence-electron chi connectivity index (χ1n) is 5.92. The van der Waals surface area contributed by atoms with Gasteiger partial charge in [0.1, 0.15) is 0 Å². The Morgan fingerprint density at radius 1 is 1.31 bits per heavy atom. The largest absolute Gasteiger partial charge is 0.393 e. The first kappa shape index (κ1) is 15.4. The van der Waals surface area contributed by atoms with Gasteiger partial charge in [-0.05, 0) is 26.2 Å². The van der Waals surface area contributed by atoms with Crippen LogP contribution in [-0.2, 0) is 4.79 Å². The molecule has 1 atom stereocenters. The average Bonchev–Trinajstić information content (AvgIpc) is 2.11. The fraction of sp³-hybridized carbons (Fsp3) is 0.833. The molecule has 0 aliphatic heterocycles. The van der Waals surface area contributed by atoms with Crippen LogP contribution in [0.2, 0.25) is 0 Å². The van der Waals surface area contributed by atoms with Gasteiger partial charge in [0.05, 0.1) is 10.9 Å². The molecule has 2 N–H and O–H groups in total. The number of hydrogen-bond acceptors (Lipinski definition) is 2. The lowest BCUT2D eigenvalue weighted by atomic mass is 9.93. The molecule has 0 radical (unpaired) electrons. The zero-order valence-corrected chi connectivity index (χ0v) is 11.8. The van der Waals surface area contributed by atoms with E-state index in [0.29, 0.717) is 4.99 Å². The van der Waals surface area contributed by atoms with Crippen molar-refractivity contribution in [2.45, 2.75) is 47.1 Å². The Bertz CT molecular complexity index is 251. The molecule has 0 bridgehead atoms. The molecule has 0 aromatic rings. The van der Waals surface area contributed by atoms with E-state index in [1.807, 2.05) is 32.6 Å². The Morgan fingerprint density at radius 3 is 2.06 bits per heavy atom. The summed E-state index contributed by atoms with van der Waals surface area (Å²) in [6.07, 6.45) is 0.950. The highest BCUT2D eigenvalue weighted by Gasteiger charge is 2.30. The summed E-state index contributed by atoms with van der Waals surface area (Å²) in [6, 6.07) is 0.197. The van der Waals surface area contributed by atoms with Crippen LogP contribution in [0, 0.1) is 11.8 Å². The summed E-state index contributed by atoms with van der Waals surface area (Å²) in [5, 5.41) is 0. The molecule has 0 aromatic carbocycles. The molecule has 0 rings (SSSR count). The predicted molar refractivity (Wildman–Crippen MR) is 72.3 cm³/mol. The van der Waals surface area contributed by atoms with E-state index in [9.17, 15) is 4.79 Å². The summed E-state index contributed by atoms with van der Waals surface area (Å²) in [6.45, 7) is 10.8. The van der Waals surface area contributed by atoms with Crippen LogP contribution in [0.3, 0.4) is 0 Å². The van der Waals surface area contributed by atoms with Gasteiger partial charge in [-0.1, -0.05) is 33.0 Å². The third-order valence-electron chi connectivity index (χ3n) is 2.61. The first-order valence-corrected chi connectivity index (χ1v) is 6.33. The van der Waals surface area contributed by atoms with Gasteiger partial charge in [-0.15, -0.1) is 0 Å². The molecule has 0 fully saturated rings. The minimum atomic E-state index is -0.330. The van der Waals surface area contributed by atoms with Gasteiger partial charge in [-0.3, -0.25) is 4.79 Å². The number of nitrogens with two attached hydrogens (primary N) is 1. The van der Waals surface area contributed by atoms with Crippen LogP contribution >= 0.6 is 12.2 Å². The van der Waals surface area contributed by atoms with Crippen molar-refractivity contribution in [3.05, 3.63) is 0 Å². The number of hydrogen-bond donors (Lipinski definition) is 1. The highest BCUT2D eigenvalue weighted by atomic mass is 32.1. The van der Waals surface area contributed by atoms with Gasteiger partial charge in [0.2, 0.25) is 5.91 Å². The molecule has 0 aliphatic rings. The van der Waals surface area contributed by atoms with Crippen LogP contribution in [-0.4, -0.2) is 28.4 Å². The predicted octanol–water partition coefficient (Wildman–Crippen LogP) is 2.19. The van der Waals surface area contributed by atoms with E-state index in [2.05, 4.69) is 6.92 Å². The third-order valence-corrected chi connectivity index (χ3v) is 2.86. The van der Waals surface area contributed by atoms with Crippen LogP contribution in [0.1, 0.15) is 41.0 Å². The highest BCUT2D eigenvalue weighted by molar-refractivity contribution is 7.80. The average molecular weight is 244 g/mol. The molecule has 4 heteroatoms. The van der Waals surface area contributed by atoms with Crippen LogP contribution in [0.5, 0.6) is 0 Å². The topological polar surface area (TPSA) is 46.3 Å². The second kappa shape index (κ2) is 6.84. The van der Waals surface area contributed by atoms with Crippen LogP contribution < -0.4 is 5.73 Å². The van der Waals surface area contributed by atoms with Crippen molar-refractivity contribution in [2.24, 2.45) is 17.6 Å². The molecule has 0 saturated carbocycles. The molecule has 0 heterocycles. The number of nitrogens with zero attached hydrogens (tertiary/aromatic N) is 1. The summed E-state index contributed by atoms with van der Waals surface area (Å²) < 4.78 is 0. The Hall–Kier alpha value is -0.640. The van der Waals surface area contributed by atoms with E-state index in [1.165, 1.54) is 0 Å². The van der Waals surface area contributed by atoms with Gasteiger partial charge in [-0.25, -0.2) is 0 Å². The molecule has 16 heavy (non-hydrogen) atoms. The molecule has 1 amide bonds. The number of thiocarbonyl (C=S) groups is 1. The van der Waals surface area contributed by atoms with Gasteiger partial charge >= 0.3 is 0 Å². The van der Waals surface area contributed by atoms with E-state index >= 15 is 0 Å². The van der Waals surface area contributed by atoms with E-state index in [-0.39, 0.29) is 23.8 Å². The zero-order valence-electron chi connectivity index (χ0n) is 11.0. The summed E-state index contributed by atoms with van der Waals surface area (Å²) in [5.41, 5.74) is 5.66. The minimum Gasteiger partial charge on any atom is -0.393 e. The Balaban J connectivity index is 4.88. The number of amides is 1. The van der Waals surface area contributed by atoms with Crippen molar-refractivity contribution in [1.29, 1.82) is 0 Å². The second-order valence-electron chi connectivity index (χ2n) is 4.75. The van der Waals surface area contributed by atoms with Crippen molar-refractivity contribution in [1.82, 2.24) is 4.90 Å². The van der Waals surface area contributed by atoms with E-state index in [4.69, 9.17) is 18.0 Å². The standard InChI is InChI=1S/C12H24N2OS/c1-6-7-14(9(4)5)12(15)10(8(2)3)11(13)16/h8-10H,6-7H2,1-5H3,(H2,13,16). The maximum atomic E-state index is 12.3. The van der Waals surface area contributed by atoms with Crippen molar-refractivity contribution in [3.8, 4) is 0 Å². The van der Waals surface area contributed by atoms with Gasteiger partial charge in [-0.2, -0.15) is 0 Å². The van der Waals surface area contributed by atoms with Crippen molar-refractivity contribution < 1.29 is 4.79 Å². The van der Waals surface area contributed by atoms with Gasteiger partial charge < -0.3 is 10.6 Å². The summed E-state index contributed by atoms with van der Waals surface area (Å²) in [7, 11) is 0. The SMILES string of the molecule is CCCN(C(=O)C(C(N)=S)C(C)C)C(C)C. The molecule has 0 saturated heterocycles. The molecule has 94 valence electrons. The summed E-state index contributed by atoms with van der Waals surface area (Å²) in [4.78, 5) is 14.5. The monoisotopic (exact) mass is 244 g/mol. The Labute approximate surface area is 104 Å². The van der Waals surface area contributed by atoms with Gasteiger partial charge in [0.15, 0.2) is 0 Å². The van der Waals surface area contributed by atoms with Crippen molar-refractivity contribution >= 4 is 23.1 Å². The first-order chi connectivity index (χ1) is 7.32. The molecule has 1 unspecified atom stereocenters. The molecular weight excluding hydrogens is 220 g/mol. The Kier molecular flexibility index (Phi) is 6.56. The molecule has 0 spiro atoms. The number of carbonyl (C=O) groups is 1. The highest BCUT2D eigenvalue weighted by Crippen LogP contribution is 2.17. The number of rotatable bonds is 6. The molecular formula is C12H24N2OS. The zero-order chi connectivity index (χ0) is 12.9. The van der Waals surface area contributed by atoms with Gasteiger partial charge in [0, 0.05) is 12.6 Å². The Morgan fingerprint density at radius 2 is 1.81 bits per heavy atom. The lowest BCUT2D eigenvalue weighted by Gasteiger charge is -2.31. The molecule has 0 aromatic heterocycles. The van der Waals surface area contributed by atoms with Gasteiger partial charge in [0.25, 0.3) is 0 Å². The fourth-order valence-corrected chi connectivity index (χ4v) is 2.15. The fourth-order valence-electron chi connectivity index (χ4n) is 1.78. The van der Waals surface area contributed by atoms with E-state index in [1.54, 1.807) is 0 Å². The minimum absolute atomic E-state index is 0.0688. The lowest BCUT2D eigenvalue weighted by Crippen LogP contribution is -2.46. The smallest absolute Gasteiger partial charge is 0.232 e. The lowest BCUT2D eigenvalue weighted by molar-refractivity contribution is -0.136.